The Morgan fingerprint density at radius 1 is 0.620 bits per heavy atom. The van der Waals surface area contributed by atoms with E-state index in [1.54, 1.807) is 52.2 Å². The number of ketones is 1. The fourth-order valence-corrected chi connectivity index (χ4v) is 9.18. The van der Waals surface area contributed by atoms with Gasteiger partial charge in [0.25, 0.3) is 5.91 Å². The van der Waals surface area contributed by atoms with Crippen molar-refractivity contribution in [2.75, 3.05) is 46.8 Å². The molecule has 5 rings (SSSR count). The van der Waals surface area contributed by atoms with E-state index < -0.39 is 58.9 Å². The van der Waals surface area contributed by atoms with E-state index in [1.165, 1.54) is 10.5 Å². The summed E-state index contributed by atoms with van der Waals surface area (Å²) >= 11 is 0. The summed E-state index contributed by atoms with van der Waals surface area (Å²) in [5.41, 5.74) is 1.70. The minimum atomic E-state index is -0.953. The van der Waals surface area contributed by atoms with E-state index in [9.17, 15) is 33.6 Å². The standard InChI is InChI=1S/C55H79N9O7/c1-35(56-9)48(66)61-46(54(3,4)5)52(70)63-33-39(29-43(63)32-58-27-25-37-17-13-11-14-18-37)30-45(65)40-21-23-41(24-22-40)50(68)60-42-31-44(51(69)59-28-26-38-19-15-12-16-20-38)64(34-42)53(71)47(55(6,7)8)62-49(67)36(2)57-10/h11-24,35-36,39,42-44,46-47,56-58H,25-34H2,1-10H3,(H,59,69)(H,60,68)(H,61,66)(H,62,67)/t35-,36-,39+,42-,43-,44-,46+,47+/m0/s1. The fraction of sp³-hybridized carbons (Fsp3) is 0.545. The van der Waals surface area contributed by atoms with Gasteiger partial charge in [-0.1, -0.05) is 114 Å². The number of carbonyl (C=O) groups is 7. The lowest BCUT2D eigenvalue weighted by molar-refractivity contribution is -0.144. The number of carbonyl (C=O) groups excluding carboxylic acids is 7. The summed E-state index contributed by atoms with van der Waals surface area (Å²) in [7, 11) is 3.35. The Hall–Kier alpha value is -5.97. The summed E-state index contributed by atoms with van der Waals surface area (Å²) in [5, 5.41) is 21.3. The molecule has 2 fully saturated rings. The third kappa shape index (κ3) is 15.8. The Morgan fingerprint density at radius 3 is 1.62 bits per heavy atom. The van der Waals surface area contributed by atoms with E-state index in [2.05, 4.69) is 49.4 Å². The van der Waals surface area contributed by atoms with Gasteiger partial charge in [-0.3, -0.25) is 33.6 Å². The molecule has 16 nitrogen and oxygen atoms in total. The molecule has 0 spiro atoms. The van der Waals surface area contributed by atoms with Crippen LogP contribution in [0.25, 0.3) is 0 Å². The van der Waals surface area contributed by atoms with Crippen LogP contribution in [0.4, 0.5) is 0 Å². The van der Waals surface area contributed by atoms with Crippen molar-refractivity contribution in [3.8, 4) is 0 Å². The Labute approximate surface area is 421 Å². The van der Waals surface area contributed by atoms with Crippen LogP contribution in [0.15, 0.2) is 84.9 Å². The first-order chi connectivity index (χ1) is 33.6. The third-order valence-electron chi connectivity index (χ3n) is 13.8. The number of likely N-dealkylation sites (tertiary alicyclic amines) is 2. The molecule has 71 heavy (non-hydrogen) atoms. The number of rotatable bonds is 22. The molecular weight excluding hydrogens is 899 g/mol. The van der Waals surface area contributed by atoms with Gasteiger partial charge in [0.2, 0.25) is 29.5 Å². The van der Waals surface area contributed by atoms with Gasteiger partial charge < -0.3 is 47.0 Å². The van der Waals surface area contributed by atoms with Crippen LogP contribution in [0, 0.1) is 16.7 Å². The van der Waals surface area contributed by atoms with Crippen molar-refractivity contribution in [1.82, 2.24) is 47.0 Å². The predicted octanol–water partition coefficient (Wildman–Crippen LogP) is 3.64. The average Bonchev–Trinajstić information content (AvgIpc) is 3.96. The van der Waals surface area contributed by atoms with Crippen molar-refractivity contribution in [2.24, 2.45) is 16.7 Å². The molecule has 386 valence electrons. The molecule has 0 saturated carbocycles. The van der Waals surface area contributed by atoms with Crippen molar-refractivity contribution >= 4 is 41.2 Å². The largest absolute Gasteiger partial charge is 0.354 e. The smallest absolute Gasteiger partial charge is 0.251 e. The highest BCUT2D eigenvalue weighted by atomic mass is 16.2. The molecular formula is C55H79N9O7. The monoisotopic (exact) mass is 978 g/mol. The van der Waals surface area contributed by atoms with Crippen molar-refractivity contribution in [1.29, 1.82) is 0 Å². The normalized spacial score (nSPS) is 19.8. The second-order valence-corrected chi connectivity index (χ2v) is 21.5. The quantitative estimate of drug-likeness (QED) is 0.0575. The number of nitrogens with zero attached hydrogens (tertiary/aromatic N) is 2. The van der Waals surface area contributed by atoms with Crippen LogP contribution >= 0.6 is 0 Å². The molecule has 8 atom stereocenters. The lowest BCUT2D eigenvalue weighted by atomic mass is 9.85. The Bertz CT molecular complexity index is 2280. The zero-order valence-electron chi connectivity index (χ0n) is 43.5. The summed E-state index contributed by atoms with van der Waals surface area (Å²) in [6, 6.07) is 21.9. The fourth-order valence-electron chi connectivity index (χ4n) is 9.18. The molecule has 6 amide bonds. The van der Waals surface area contributed by atoms with E-state index in [0.29, 0.717) is 50.1 Å². The van der Waals surface area contributed by atoms with E-state index in [0.717, 1.165) is 12.0 Å². The van der Waals surface area contributed by atoms with Gasteiger partial charge in [0.15, 0.2) is 5.78 Å². The van der Waals surface area contributed by atoms with Crippen molar-refractivity contribution in [3.63, 3.8) is 0 Å². The Balaban J connectivity index is 1.26. The van der Waals surface area contributed by atoms with Gasteiger partial charge >= 0.3 is 0 Å². The van der Waals surface area contributed by atoms with Crippen LogP contribution in [0.5, 0.6) is 0 Å². The zero-order chi connectivity index (χ0) is 52.0. The lowest BCUT2D eigenvalue weighted by Gasteiger charge is -2.36. The molecule has 2 heterocycles. The summed E-state index contributed by atoms with van der Waals surface area (Å²) in [4.78, 5) is 99.9. The van der Waals surface area contributed by atoms with Crippen molar-refractivity contribution in [2.45, 2.75) is 130 Å². The highest BCUT2D eigenvalue weighted by Gasteiger charge is 2.46. The molecule has 7 N–H and O–H groups in total. The summed E-state index contributed by atoms with van der Waals surface area (Å²) in [5.74, 6) is -2.26. The SMILES string of the molecule is CN[C@@H](C)C(=O)N[C@H](C(=O)N1C[C@@H](CC(=O)c2ccc(C(=O)N[C@H]3C[C@@H](C(=O)NCCc4ccccc4)N(C(=O)[C@@H](NC(=O)[C@H](C)NC)C(C)(C)C)C3)cc2)C[C@H]1CNCCc1ccccc1)C(C)(C)C. The average molecular weight is 978 g/mol. The highest BCUT2D eigenvalue weighted by Crippen LogP contribution is 2.31. The van der Waals surface area contributed by atoms with E-state index >= 15 is 0 Å². The number of benzene rings is 3. The van der Waals surface area contributed by atoms with Gasteiger partial charge in [-0.15, -0.1) is 0 Å². The molecule has 0 bridgehead atoms. The molecule has 2 aliphatic heterocycles. The van der Waals surface area contributed by atoms with Gasteiger partial charge in [-0.05, 0) is 100 Å². The van der Waals surface area contributed by atoms with E-state index in [4.69, 9.17) is 0 Å². The maximum atomic E-state index is 14.4. The zero-order valence-corrected chi connectivity index (χ0v) is 43.5. The molecule has 3 aromatic carbocycles. The number of amides is 6. The first kappa shape index (κ1) is 56.0. The molecule has 0 aromatic heterocycles. The second-order valence-electron chi connectivity index (χ2n) is 21.5. The highest BCUT2D eigenvalue weighted by molar-refractivity contribution is 5.99. The number of Topliss-reactive ketones (excluding diaryl/α,β-unsaturated/α-hetero) is 1. The van der Waals surface area contributed by atoms with Crippen LogP contribution in [-0.2, 0) is 36.8 Å². The summed E-state index contributed by atoms with van der Waals surface area (Å²) in [6.45, 7) is 16.8. The molecule has 0 radical (unpaired) electrons. The minimum absolute atomic E-state index is 0.0460. The van der Waals surface area contributed by atoms with E-state index in [-0.39, 0.29) is 60.8 Å². The van der Waals surface area contributed by atoms with Crippen molar-refractivity contribution in [3.05, 3.63) is 107 Å². The van der Waals surface area contributed by atoms with Gasteiger partial charge in [-0.2, -0.15) is 0 Å². The first-order valence-corrected chi connectivity index (χ1v) is 25.2. The molecule has 0 aliphatic carbocycles. The molecule has 2 aliphatic rings. The van der Waals surface area contributed by atoms with Crippen LogP contribution < -0.4 is 37.2 Å². The number of hydrogen-bond donors (Lipinski definition) is 7. The summed E-state index contributed by atoms with van der Waals surface area (Å²) < 4.78 is 0. The summed E-state index contributed by atoms with van der Waals surface area (Å²) in [6.07, 6.45) is 2.35. The van der Waals surface area contributed by atoms with Gasteiger partial charge in [0.1, 0.15) is 18.1 Å². The van der Waals surface area contributed by atoms with E-state index in [1.807, 2.05) is 95.0 Å². The van der Waals surface area contributed by atoms with Crippen LogP contribution in [0.3, 0.4) is 0 Å². The molecule has 16 heteroatoms. The molecule has 0 unspecified atom stereocenters. The number of likely N-dealkylation sites (N-methyl/N-ethyl adjacent to an activating group) is 2. The maximum Gasteiger partial charge on any atom is 0.251 e. The number of nitrogens with one attached hydrogen (secondary N) is 7. The maximum absolute atomic E-state index is 14.4. The lowest BCUT2D eigenvalue weighted by Crippen LogP contribution is -2.59. The van der Waals surface area contributed by atoms with Crippen LogP contribution in [0.2, 0.25) is 0 Å². The van der Waals surface area contributed by atoms with Crippen LogP contribution in [-0.4, -0.2) is 140 Å². The molecule has 2 saturated heterocycles. The minimum Gasteiger partial charge on any atom is -0.354 e. The van der Waals surface area contributed by atoms with Gasteiger partial charge in [0, 0.05) is 55.8 Å². The van der Waals surface area contributed by atoms with Gasteiger partial charge in [0.05, 0.1) is 12.1 Å². The Morgan fingerprint density at radius 2 is 1.11 bits per heavy atom. The van der Waals surface area contributed by atoms with Gasteiger partial charge in [-0.25, -0.2) is 0 Å². The van der Waals surface area contributed by atoms with Crippen LogP contribution in [0.1, 0.15) is 106 Å². The predicted molar refractivity (Wildman–Crippen MR) is 276 cm³/mol. The van der Waals surface area contributed by atoms with Crippen molar-refractivity contribution < 1.29 is 33.6 Å². The Kier molecular flexibility index (Phi) is 20.0. The third-order valence-corrected chi connectivity index (χ3v) is 13.8. The molecule has 3 aromatic rings. The second kappa shape index (κ2) is 25.4. The number of hydrogen-bond acceptors (Lipinski definition) is 10. The first-order valence-electron chi connectivity index (χ1n) is 25.2. The topological polar surface area (TPSA) is 210 Å².